The second kappa shape index (κ2) is 19.6. The number of carbonyl (C=O) groups is 2. The Bertz CT molecular complexity index is 711. The summed E-state index contributed by atoms with van der Waals surface area (Å²) in [5.41, 5.74) is -0.188. The van der Waals surface area contributed by atoms with Gasteiger partial charge in [0.1, 0.15) is 0 Å². The van der Waals surface area contributed by atoms with E-state index in [1.165, 1.54) is 6.08 Å². The minimum absolute atomic E-state index is 0.252. The van der Waals surface area contributed by atoms with E-state index in [1.54, 1.807) is 0 Å². The number of ether oxygens (including phenoxy) is 1. The fourth-order valence-corrected chi connectivity index (χ4v) is 10.1. The molecule has 0 aliphatic carbocycles. The van der Waals surface area contributed by atoms with Gasteiger partial charge >= 0.3 is 29.5 Å². The van der Waals surface area contributed by atoms with E-state index < -0.39 is 35.3 Å². The second-order valence-corrected chi connectivity index (χ2v) is 15.0. The summed E-state index contributed by atoms with van der Waals surface area (Å²) in [5.74, 6) is -1.68. The molecular formula is C27H52O10Si2. The van der Waals surface area contributed by atoms with Crippen LogP contribution < -0.4 is 0 Å². The molecule has 0 aromatic rings. The lowest BCUT2D eigenvalue weighted by molar-refractivity contribution is -0.145. The maximum Gasteiger partial charge on any atom is 0.544 e. The lowest BCUT2D eigenvalue weighted by atomic mass is 10.1. The van der Waals surface area contributed by atoms with E-state index in [4.69, 9.17) is 31.3 Å². The maximum absolute atomic E-state index is 12.4. The number of aliphatic carboxylic acids is 1. The first-order valence-corrected chi connectivity index (χ1v) is 17.7. The number of hydrogen-bond donors (Lipinski definition) is 1. The van der Waals surface area contributed by atoms with Gasteiger partial charge in [0.25, 0.3) is 0 Å². The molecule has 10 nitrogen and oxygen atoms in total. The second-order valence-electron chi connectivity index (χ2n) is 9.75. The quantitative estimate of drug-likeness (QED) is 0.0931. The predicted octanol–water partition coefficient (Wildman–Crippen LogP) is 5.46. The summed E-state index contributed by atoms with van der Waals surface area (Å²) in [4.78, 5) is 24.1. The number of hydrogen-bond acceptors (Lipinski definition) is 9. The fourth-order valence-electron chi connectivity index (χ4n) is 4.09. The van der Waals surface area contributed by atoms with E-state index in [2.05, 4.69) is 6.58 Å². The highest BCUT2D eigenvalue weighted by molar-refractivity contribution is 6.62. The topological polar surface area (TPSA) is 119 Å². The van der Waals surface area contributed by atoms with Crippen molar-refractivity contribution in [2.45, 2.75) is 118 Å². The summed E-state index contributed by atoms with van der Waals surface area (Å²) in [6.45, 7) is 21.8. The molecule has 1 unspecified atom stereocenters. The van der Waals surface area contributed by atoms with Crippen LogP contribution in [0.4, 0.5) is 0 Å². The molecule has 0 heterocycles. The van der Waals surface area contributed by atoms with Crippen molar-refractivity contribution < 1.29 is 46.0 Å². The predicted molar refractivity (Wildman–Crippen MR) is 154 cm³/mol. The van der Waals surface area contributed by atoms with Crippen molar-refractivity contribution in [3.8, 4) is 0 Å². The van der Waals surface area contributed by atoms with E-state index in [9.17, 15) is 14.7 Å². The lowest BCUT2D eigenvalue weighted by Gasteiger charge is -2.39. The molecule has 0 spiro atoms. The van der Waals surface area contributed by atoms with Gasteiger partial charge in [0.2, 0.25) is 0 Å². The Hall–Kier alpha value is -1.39. The third-order valence-corrected chi connectivity index (χ3v) is 11.9. The smallest absolute Gasteiger partial charge is 0.478 e. The van der Waals surface area contributed by atoms with Crippen molar-refractivity contribution in [1.82, 2.24) is 0 Å². The number of rotatable bonds is 23. The zero-order chi connectivity index (χ0) is 30.1. The Labute approximate surface area is 237 Å². The van der Waals surface area contributed by atoms with Crippen molar-refractivity contribution in [3.05, 3.63) is 24.3 Å². The molecule has 0 rings (SSSR count). The van der Waals surface area contributed by atoms with Crippen LogP contribution in [0.25, 0.3) is 0 Å². The molecule has 0 aromatic heterocycles. The van der Waals surface area contributed by atoms with E-state index >= 15 is 0 Å². The van der Waals surface area contributed by atoms with E-state index in [-0.39, 0.29) is 24.7 Å². The van der Waals surface area contributed by atoms with Crippen molar-refractivity contribution in [2.75, 3.05) is 19.8 Å². The first kappa shape index (κ1) is 37.6. The number of esters is 1. The summed E-state index contributed by atoms with van der Waals surface area (Å²) >= 11 is 0. The zero-order valence-electron chi connectivity index (χ0n) is 25.4. The number of carboxylic acids is 1. The Morgan fingerprint density at radius 3 is 1.64 bits per heavy atom. The molecule has 0 amide bonds. The fraction of sp³-hybridized carbons (Fsp3) is 0.778. The van der Waals surface area contributed by atoms with Gasteiger partial charge in [-0.05, 0) is 88.0 Å². The molecule has 228 valence electrons. The Kier molecular flexibility index (Phi) is 19.0. The molecule has 0 bridgehead atoms. The maximum atomic E-state index is 12.4. The van der Waals surface area contributed by atoms with Crippen LogP contribution in [0.3, 0.4) is 0 Å². The average Bonchev–Trinajstić information content (AvgIpc) is 2.80. The average molecular weight is 593 g/mol. The van der Waals surface area contributed by atoms with Gasteiger partial charge in [0.15, 0.2) is 5.73 Å². The molecule has 1 N–H and O–H groups in total. The van der Waals surface area contributed by atoms with Gasteiger partial charge in [-0.15, -0.1) is 0 Å². The normalized spacial score (nSPS) is 13.8. The third kappa shape index (κ3) is 15.3. The molecule has 0 aromatic carbocycles. The first-order valence-electron chi connectivity index (χ1n) is 14.0. The monoisotopic (exact) mass is 592 g/mol. The molecule has 0 aliphatic rings. The van der Waals surface area contributed by atoms with Gasteiger partial charge in [-0.2, -0.15) is 0 Å². The third-order valence-electron chi connectivity index (χ3n) is 5.15. The van der Waals surface area contributed by atoms with Crippen LogP contribution >= 0.6 is 0 Å². The highest BCUT2D eigenvalue weighted by Crippen LogP contribution is 2.29. The van der Waals surface area contributed by atoms with Gasteiger partial charge in [-0.3, -0.25) is 0 Å². The highest BCUT2D eigenvalue weighted by Gasteiger charge is 2.54. The molecule has 0 radical (unpaired) electrons. The number of allylic oxidation sites excluding steroid dienone is 1. The van der Waals surface area contributed by atoms with Crippen LogP contribution in [0.5, 0.6) is 0 Å². The number of carbonyl (C=O) groups excluding carboxylic acids is 1. The van der Waals surface area contributed by atoms with E-state index in [0.29, 0.717) is 50.7 Å². The van der Waals surface area contributed by atoms with Gasteiger partial charge in [-0.1, -0.05) is 12.2 Å². The van der Waals surface area contributed by atoms with Gasteiger partial charge in [0, 0.05) is 56.3 Å². The first-order chi connectivity index (χ1) is 18.3. The van der Waals surface area contributed by atoms with Crippen LogP contribution in [0.15, 0.2) is 24.3 Å². The highest BCUT2D eigenvalue weighted by atomic mass is 28.4. The lowest BCUT2D eigenvalue weighted by Crippen LogP contribution is -2.61. The molecule has 0 aliphatic heterocycles. The summed E-state index contributed by atoms with van der Waals surface area (Å²) in [6, 6.07) is 0.552. The van der Waals surface area contributed by atoms with Crippen LogP contribution in [0, 0.1) is 0 Å². The number of carboxylic acid groups (broad SMARTS) is 1. The SMILES string of the molecule is C=CC(=O)OC(CCC(=CC(=O)O)CCC[Si](OCC)(OCC)OCC)[Si](OC(C)C)(OC(C)C)OC(C)C. The Morgan fingerprint density at radius 2 is 1.28 bits per heavy atom. The van der Waals surface area contributed by atoms with Crippen LogP contribution in [-0.2, 0) is 40.9 Å². The van der Waals surface area contributed by atoms with E-state index in [0.717, 1.165) is 6.08 Å². The molecule has 0 saturated carbocycles. The summed E-state index contributed by atoms with van der Waals surface area (Å²) in [5, 5.41) is 9.56. The summed E-state index contributed by atoms with van der Waals surface area (Å²) in [7, 11) is -6.48. The minimum atomic E-state index is -3.61. The summed E-state index contributed by atoms with van der Waals surface area (Å²) in [6.07, 6.45) is 3.17. The molecule has 1 atom stereocenters. The van der Waals surface area contributed by atoms with Crippen molar-refractivity contribution >= 4 is 29.5 Å². The minimum Gasteiger partial charge on any atom is -0.478 e. The Balaban J connectivity index is 6.07. The largest absolute Gasteiger partial charge is 0.544 e. The molecule has 0 saturated heterocycles. The van der Waals surface area contributed by atoms with Gasteiger partial charge in [0.05, 0.1) is 0 Å². The van der Waals surface area contributed by atoms with Crippen molar-refractivity contribution in [2.24, 2.45) is 0 Å². The van der Waals surface area contributed by atoms with Gasteiger partial charge in [-0.25, -0.2) is 9.59 Å². The van der Waals surface area contributed by atoms with Gasteiger partial charge < -0.3 is 36.4 Å². The zero-order valence-corrected chi connectivity index (χ0v) is 27.4. The van der Waals surface area contributed by atoms with E-state index in [1.807, 2.05) is 62.3 Å². The Morgan fingerprint density at radius 1 is 0.821 bits per heavy atom. The molecule has 0 fully saturated rings. The van der Waals surface area contributed by atoms with Crippen LogP contribution in [0.1, 0.15) is 88.0 Å². The molecule has 12 heteroatoms. The molecule has 39 heavy (non-hydrogen) atoms. The van der Waals surface area contributed by atoms with Crippen LogP contribution in [-0.4, -0.2) is 78.5 Å². The standard InChI is InChI=1S/C27H52O10Si2/c1-11-26(30)34-27(39(35-21(5)6,36-22(7)8)37-23(9)10)18-17-24(20-25(28)29)16-15-19-38(31-12-2,32-13-3)33-14-4/h11,20-23,27H,1,12-19H2,2-10H3,(H,28,29). The molecular weight excluding hydrogens is 540 g/mol. The van der Waals surface area contributed by atoms with Crippen LogP contribution in [0.2, 0.25) is 6.04 Å². The van der Waals surface area contributed by atoms with Crippen molar-refractivity contribution in [3.63, 3.8) is 0 Å². The summed E-state index contributed by atoms with van der Waals surface area (Å²) < 4.78 is 42.4. The van der Waals surface area contributed by atoms with Crippen molar-refractivity contribution in [1.29, 1.82) is 0 Å².